The van der Waals surface area contributed by atoms with Gasteiger partial charge in [-0.1, -0.05) is 206 Å². The summed E-state index contributed by atoms with van der Waals surface area (Å²) in [5.74, 6) is -0.979. The summed E-state index contributed by atoms with van der Waals surface area (Å²) in [7, 11) is 0.0943. The minimum atomic E-state index is -1.81. The van der Waals surface area contributed by atoms with E-state index >= 15 is 0 Å². The molecule has 0 amide bonds. The minimum absolute atomic E-state index is 0. The summed E-state index contributed by atoms with van der Waals surface area (Å²) in [4.78, 5) is 29.9. The molecule has 0 aliphatic carbocycles. The van der Waals surface area contributed by atoms with E-state index in [9.17, 15) is 23.8 Å². The number of ketones is 1. The van der Waals surface area contributed by atoms with Crippen molar-refractivity contribution in [1.29, 1.82) is 0 Å². The third-order valence-corrected chi connectivity index (χ3v) is 21.7. The number of hydrogen-bond donors (Lipinski definition) is 1. The molecule has 0 aliphatic heterocycles. The summed E-state index contributed by atoms with van der Waals surface area (Å²) in [6, 6.07) is 31.8. The van der Waals surface area contributed by atoms with E-state index in [-0.39, 0.29) is 71.8 Å². The van der Waals surface area contributed by atoms with Crippen molar-refractivity contribution >= 4 is 53.8 Å². The predicted octanol–water partition coefficient (Wildman–Crippen LogP) is 20.4. The van der Waals surface area contributed by atoms with Gasteiger partial charge in [-0.15, -0.1) is 0 Å². The fourth-order valence-corrected chi connectivity index (χ4v) is 14.6. The summed E-state index contributed by atoms with van der Waals surface area (Å²) in [5.41, 5.74) is 2.82. The first-order valence-electron chi connectivity index (χ1n) is 30.0. The van der Waals surface area contributed by atoms with E-state index in [0.717, 1.165) is 59.7 Å². The van der Waals surface area contributed by atoms with Crippen molar-refractivity contribution < 1.29 is 72.8 Å². The van der Waals surface area contributed by atoms with Crippen LogP contribution < -0.4 is 15.4 Å². The molecule has 0 aliphatic rings. The van der Waals surface area contributed by atoms with Crippen LogP contribution >= 0.6 is 14.3 Å². The molecule has 429 valence electrons. The maximum atomic E-state index is 13.3. The van der Waals surface area contributed by atoms with Crippen LogP contribution in [0.1, 0.15) is 212 Å². The van der Waals surface area contributed by atoms with Crippen molar-refractivity contribution in [3.63, 3.8) is 0 Å². The molecule has 11 heteroatoms. The van der Waals surface area contributed by atoms with Gasteiger partial charge >= 0.3 is 5.63 Å². The van der Waals surface area contributed by atoms with Crippen LogP contribution in [-0.2, 0) is 9.13 Å². The molecule has 0 saturated carbocycles. The van der Waals surface area contributed by atoms with E-state index in [4.69, 9.17) is 4.42 Å². The SMILES string of the molecule is CCCCCCCCP(=O)(CC)CCCCCCCC.CCCCCCCCP(=O)(CC)CCCCCCCC.CN(C)c1ccc2c(O)c(C(=O)c3ccc(N(c4ccccc4)c4ccccc4)cc3)c(=O)oc2c1.[Eu]. The van der Waals surface area contributed by atoms with Crippen LogP contribution in [0, 0.1) is 49.4 Å². The standard InChI is InChI=1S/C30H24N2O4.2C18H39OP.Eu/c1-31(2)24-17-18-25-26(19-24)36-30(35)27(29(25)34)28(33)20-13-15-23(16-14-20)32(21-9-5-3-6-10-21)22-11-7-4-8-12-22;2*1-4-7-9-11-13-15-17-20(19,6-3)18-16-14-12-10-8-5-2;/h3-19,34H,1-2H3;2*4-18H2,1-3H3;. The van der Waals surface area contributed by atoms with Gasteiger partial charge in [0.25, 0.3) is 0 Å². The number of nitrogens with zero attached hydrogens (tertiary/aromatic N) is 2. The molecule has 77 heavy (non-hydrogen) atoms. The van der Waals surface area contributed by atoms with Gasteiger partial charge in [-0.05, 0) is 98.7 Å². The van der Waals surface area contributed by atoms with Crippen LogP contribution in [0.4, 0.5) is 22.7 Å². The van der Waals surface area contributed by atoms with Gasteiger partial charge in [-0.25, -0.2) is 4.79 Å². The zero-order valence-electron chi connectivity index (χ0n) is 49.2. The second-order valence-electron chi connectivity index (χ2n) is 21.3. The number of benzene rings is 4. The Kier molecular flexibility index (Phi) is 37.7. The van der Waals surface area contributed by atoms with E-state index in [1.165, 1.54) is 154 Å². The number of fused-ring (bicyclic) bond motifs is 1. The van der Waals surface area contributed by atoms with E-state index in [1.54, 1.807) is 30.3 Å². The normalized spacial score (nSPS) is 11.3. The zero-order valence-corrected chi connectivity index (χ0v) is 53.4. The number of unbranched alkanes of at least 4 members (excludes halogenated alkanes) is 20. The van der Waals surface area contributed by atoms with E-state index in [1.807, 2.05) is 91.8 Å². The maximum Gasteiger partial charge on any atom is 0.351 e. The molecule has 0 spiro atoms. The average Bonchev–Trinajstić information content (AvgIpc) is 3.44. The number of anilines is 4. The molecule has 1 radical (unpaired) electrons. The van der Waals surface area contributed by atoms with Gasteiger partial charge in [0.05, 0.1) is 19.7 Å². The van der Waals surface area contributed by atoms with E-state index < -0.39 is 25.7 Å². The molecule has 5 aromatic rings. The third-order valence-electron chi connectivity index (χ3n) is 14.9. The van der Waals surface area contributed by atoms with Gasteiger partial charge in [0.15, 0.2) is 5.56 Å². The minimum Gasteiger partial charge on any atom is -0.506 e. The van der Waals surface area contributed by atoms with Gasteiger partial charge in [-0.3, -0.25) is 4.79 Å². The largest absolute Gasteiger partial charge is 0.506 e. The second kappa shape index (κ2) is 41.2. The molecule has 1 heterocycles. The van der Waals surface area contributed by atoms with Crippen molar-refractivity contribution in [3.8, 4) is 5.75 Å². The average molecular weight is 1230 g/mol. The Hall–Kier alpha value is -2.80. The summed E-state index contributed by atoms with van der Waals surface area (Å²) in [5, 5.41) is 11.1. The van der Waals surface area contributed by atoms with Gasteiger partial charge in [0.2, 0.25) is 5.78 Å². The van der Waals surface area contributed by atoms with Crippen LogP contribution in [0.15, 0.2) is 112 Å². The van der Waals surface area contributed by atoms with Crippen molar-refractivity contribution in [2.75, 3.05) is 60.9 Å². The smallest absolute Gasteiger partial charge is 0.351 e. The first-order chi connectivity index (χ1) is 36.8. The summed E-state index contributed by atoms with van der Waals surface area (Å²) in [6.45, 7) is 13.3. The number of carbonyl (C=O) groups excluding carboxylic acids is 1. The molecule has 0 bridgehead atoms. The van der Waals surface area contributed by atoms with Crippen LogP contribution in [0.2, 0.25) is 0 Å². The summed E-state index contributed by atoms with van der Waals surface area (Å²) < 4.78 is 30.9. The molecule has 8 nitrogen and oxygen atoms in total. The molecule has 0 unspecified atom stereocenters. The molecule has 0 fully saturated rings. The Morgan fingerprint density at radius 2 is 0.805 bits per heavy atom. The number of para-hydroxylation sites is 2. The topological polar surface area (TPSA) is 108 Å². The molecule has 4 aromatic carbocycles. The molecule has 1 N–H and O–H groups in total. The van der Waals surface area contributed by atoms with Crippen LogP contribution in [0.5, 0.6) is 5.75 Å². The number of aromatic hydroxyl groups is 1. The van der Waals surface area contributed by atoms with E-state index in [2.05, 4.69) is 46.4 Å². The Morgan fingerprint density at radius 3 is 1.16 bits per heavy atom. The van der Waals surface area contributed by atoms with Crippen molar-refractivity contribution in [1.82, 2.24) is 0 Å². The molecular formula is C66H102EuN2O6P2. The summed E-state index contributed by atoms with van der Waals surface area (Å²) >= 11 is 0. The third kappa shape index (κ3) is 26.6. The number of rotatable bonds is 36. The van der Waals surface area contributed by atoms with Crippen LogP contribution in [0.25, 0.3) is 11.0 Å². The molecule has 0 atom stereocenters. The molecule has 1 aromatic heterocycles. The quantitative estimate of drug-likeness (QED) is 0.0183. The zero-order chi connectivity index (χ0) is 55.4. The van der Waals surface area contributed by atoms with Crippen molar-refractivity contribution in [3.05, 3.63) is 125 Å². The first-order valence-corrected chi connectivity index (χ1v) is 34.5. The number of hydrogen-bond acceptors (Lipinski definition) is 8. The molecule has 0 saturated heterocycles. The number of carbonyl (C=O) groups is 1. The van der Waals surface area contributed by atoms with E-state index in [0.29, 0.717) is 5.39 Å². The molecule has 5 rings (SSSR count). The van der Waals surface area contributed by atoms with Crippen molar-refractivity contribution in [2.24, 2.45) is 0 Å². The Morgan fingerprint density at radius 1 is 0.468 bits per heavy atom. The fraction of sp³-hybridized carbons (Fsp3) is 0.576. The second-order valence-corrected chi connectivity index (χ2v) is 28.6. The molecular weight excluding hydrogens is 1130 g/mol. The first kappa shape index (κ1) is 70.3. The van der Waals surface area contributed by atoms with Crippen LogP contribution in [-0.4, -0.2) is 62.0 Å². The van der Waals surface area contributed by atoms with Gasteiger partial charge < -0.3 is 28.5 Å². The fourth-order valence-electron chi connectivity index (χ4n) is 9.74. The Balaban J connectivity index is 0.000000427. The summed E-state index contributed by atoms with van der Waals surface area (Å²) in [6.07, 6.45) is 37.4. The predicted molar refractivity (Wildman–Crippen MR) is 332 cm³/mol. The van der Waals surface area contributed by atoms with Crippen LogP contribution in [0.3, 0.4) is 0 Å². The van der Waals surface area contributed by atoms with Gasteiger partial charge in [0.1, 0.15) is 11.3 Å². The Labute approximate surface area is 509 Å². The maximum absolute atomic E-state index is 13.3. The Bertz CT molecular complexity index is 2350. The van der Waals surface area contributed by atoms with Gasteiger partial charge in [-0.2, -0.15) is 0 Å². The van der Waals surface area contributed by atoms with Crippen molar-refractivity contribution in [2.45, 2.75) is 196 Å². The van der Waals surface area contributed by atoms with Gasteiger partial charge in [0, 0.05) is 122 Å². The monoisotopic (exact) mass is 1230 g/mol.